The fourth-order valence-corrected chi connectivity index (χ4v) is 2.12. The molecule has 0 atom stereocenters. The van der Waals surface area contributed by atoms with Crippen molar-refractivity contribution in [1.82, 2.24) is 4.90 Å². The smallest absolute Gasteiger partial charge is 0.336 e. The molecule has 116 valence electrons. The largest absolute Gasteiger partial charge is 0.416 e. The molecular weight excluding hydrogens is 288 g/mol. The number of carbonyl (C=O) groups is 1. The first-order valence-corrected chi connectivity index (χ1v) is 6.72. The zero-order valence-electron chi connectivity index (χ0n) is 11.3. The molecule has 2 N–H and O–H groups in total. The fourth-order valence-electron chi connectivity index (χ4n) is 2.12. The first-order valence-electron chi connectivity index (χ1n) is 6.72. The van der Waals surface area contributed by atoms with Gasteiger partial charge < -0.3 is 10.6 Å². The summed E-state index contributed by atoms with van der Waals surface area (Å²) >= 11 is 0. The number of hydrogen-bond donors (Lipinski definition) is 1. The van der Waals surface area contributed by atoms with Crippen molar-refractivity contribution in [2.24, 2.45) is 5.73 Å². The highest BCUT2D eigenvalue weighted by molar-refractivity contribution is 5.95. The molecule has 7 heteroatoms. The Morgan fingerprint density at radius 1 is 1.33 bits per heavy atom. The van der Waals surface area contributed by atoms with E-state index in [4.69, 9.17) is 5.73 Å². The van der Waals surface area contributed by atoms with E-state index < -0.39 is 29.0 Å². The Bertz CT molecular complexity index is 526. The third-order valence-corrected chi connectivity index (χ3v) is 3.38. The summed E-state index contributed by atoms with van der Waals surface area (Å²) in [6.45, 7) is 0.692. The Kier molecular flexibility index (Phi) is 4.51. The predicted octanol–water partition coefficient (Wildman–Crippen LogP) is 2.80. The van der Waals surface area contributed by atoms with Gasteiger partial charge in [0.05, 0.1) is 11.1 Å². The van der Waals surface area contributed by atoms with Crippen molar-refractivity contribution < 1.29 is 22.4 Å². The number of benzene rings is 1. The van der Waals surface area contributed by atoms with Gasteiger partial charge in [-0.05, 0) is 44.0 Å². The summed E-state index contributed by atoms with van der Waals surface area (Å²) in [6, 6.07) is 1.88. The zero-order valence-corrected chi connectivity index (χ0v) is 11.3. The van der Waals surface area contributed by atoms with Gasteiger partial charge in [-0.1, -0.05) is 0 Å². The number of halogens is 4. The molecule has 0 heterocycles. The first-order chi connectivity index (χ1) is 9.84. The zero-order chi connectivity index (χ0) is 15.6. The van der Waals surface area contributed by atoms with E-state index >= 15 is 0 Å². The Hall–Kier alpha value is -1.63. The quantitative estimate of drug-likeness (QED) is 0.850. The van der Waals surface area contributed by atoms with E-state index in [1.165, 1.54) is 4.90 Å². The Labute approximate surface area is 119 Å². The second kappa shape index (κ2) is 6.01. The van der Waals surface area contributed by atoms with E-state index in [9.17, 15) is 22.4 Å². The maximum Gasteiger partial charge on any atom is 0.416 e. The Morgan fingerprint density at radius 2 is 2.00 bits per heavy atom. The molecule has 0 spiro atoms. The topological polar surface area (TPSA) is 46.3 Å². The summed E-state index contributed by atoms with van der Waals surface area (Å²) in [4.78, 5) is 13.7. The van der Waals surface area contributed by atoms with Gasteiger partial charge >= 0.3 is 6.18 Å². The van der Waals surface area contributed by atoms with E-state index in [0.29, 0.717) is 37.7 Å². The summed E-state index contributed by atoms with van der Waals surface area (Å²) in [7, 11) is 0. The van der Waals surface area contributed by atoms with E-state index in [1.54, 1.807) is 0 Å². The molecule has 1 aliphatic rings. The number of alkyl halides is 3. The average Bonchev–Trinajstić information content (AvgIpc) is 3.22. The van der Waals surface area contributed by atoms with Gasteiger partial charge in [0.2, 0.25) is 0 Å². The van der Waals surface area contributed by atoms with E-state index in [0.717, 1.165) is 12.8 Å². The summed E-state index contributed by atoms with van der Waals surface area (Å²) < 4.78 is 51.8. The highest BCUT2D eigenvalue weighted by Crippen LogP contribution is 2.32. The monoisotopic (exact) mass is 304 g/mol. The normalized spacial score (nSPS) is 15.1. The van der Waals surface area contributed by atoms with Gasteiger partial charge in [-0.25, -0.2) is 4.39 Å². The minimum atomic E-state index is -4.61. The van der Waals surface area contributed by atoms with Gasteiger partial charge in [0.15, 0.2) is 0 Å². The van der Waals surface area contributed by atoms with Crippen LogP contribution in [-0.2, 0) is 6.18 Å². The van der Waals surface area contributed by atoms with Crippen LogP contribution >= 0.6 is 0 Å². The van der Waals surface area contributed by atoms with Crippen molar-refractivity contribution in [3.8, 4) is 0 Å². The van der Waals surface area contributed by atoms with Crippen LogP contribution in [0.2, 0.25) is 0 Å². The molecule has 21 heavy (non-hydrogen) atoms. The first kappa shape index (κ1) is 15.8. The van der Waals surface area contributed by atoms with Crippen molar-refractivity contribution in [1.29, 1.82) is 0 Å². The van der Waals surface area contributed by atoms with Crippen molar-refractivity contribution in [2.75, 3.05) is 13.1 Å². The van der Waals surface area contributed by atoms with Crippen LogP contribution in [0.4, 0.5) is 17.6 Å². The highest BCUT2D eigenvalue weighted by atomic mass is 19.4. The van der Waals surface area contributed by atoms with Gasteiger partial charge in [-0.2, -0.15) is 13.2 Å². The summed E-state index contributed by atoms with van der Waals surface area (Å²) in [5.41, 5.74) is 3.83. The van der Waals surface area contributed by atoms with Gasteiger partial charge in [-0.3, -0.25) is 4.79 Å². The molecule has 1 fully saturated rings. The number of hydrogen-bond acceptors (Lipinski definition) is 2. The van der Waals surface area contributed by atoms with Gasteiger partial charge in [0.25, 0.3) is 5.91 Å². The lowest BCUT2D eigenvalue weighted by Crippen LogP contribution is -2.35. The van der Waals surface area contributed by atoms with Crippen LogP contribution in [-0.4, -0.2) is 29.9 Å². The van der Waals surface area contributed by atoms with Crippen LogP contribution in [0.1, 0.15) is 35.2 Å². The molecule has 0 aromatic heterocycles. The summed E-state index contributed by atoms with van der Waals surface area (Å²) in [5, 5.41) is 0. The average molecular weight is 304 g/mol. The molecule has 0 saturated heterocycles. The highest BCUT2D eigenvalue weighted by Gasteiger charge is 2.36. The Balaban J connectivity index is 2.28. The third kappa shape index (κ3) is 3.72. The fraction of sp³-hybridized carbons (Fsp3) is 0.500. The number of rotatable bonds is 5. The number of carbonyl (C=O) groups excluding carboxylic acids is 1. The van der Waals surface area contributed by atoms with Crippen molar-refractivity contribution in [3.05, 3.63) is 35.1 Å². The van der Waals surface area contributed by atoms with E-state index in [1.807, 2.05) is 0 Å². The van der Waals surface area contributed by atoms with Crippen molar-refractivity contribution in [3.63, 3.8) is 0 Å². The van der Waals surface area contributed by atoms with Crippen molar-refractivity contribution in [2.45, 2.75) is 31.5 Å². The van der Waals surface area contributed by atoms with Crippen LogP contribution < -0.4 is 5.73 Å². The number of nitrogens with two attached hydrogens (primary N) is 1. The Morgan fingerprint density at radius 3 is 2.52 bits per heavy atom. The maximum absolute atomic E-state index is 13.7. The van der Waals surface area contributed by atoms with E-state index in [2.05, 4.69) is 0 Å². The van der Waals surface area contributed by atoms with Gasteiger partial charge in [0, 0.05) is 12.6 Å². The summed E-state index contributed by atoms with van der Waals surface area (Å²) in [5.74, 6) is -1.64. The summed E-state index contributed by atoms with van der Waals surface area (Å²) in [6.07, 6.45) is -2.50. The molecular formula is C14H16F4N2O. The van der Waals surface area contributed by atoms with Crippen LogP contribution in [0.15, 0.2) is 18.2 Å². The molecule has 1 saturated carbocycles. The molecule has 3 nitrogen and oxygen atoms in total. The van der Waals surface area contributed by atoms with Crippen molar-refractivity contribution >= 4 is 5.91 Å². The molecule has 1 aromatic carbocycles. The third-order valence-electron chi connectivity index (χ3n) is 3.38. The second-order valence-electron chi connectivity index (χ2n) is 5.06. The van der Waals surface area contributed by atoms with Crippen LogP contribution in [0.3, 0.4) is 0 Å². The molecule has 1 aliphatic carbocycles. The van der Waals surface area contributed by atoms with Gasteiger partial charge in [-0.15, -0.1) is 0 Å². The SMILES string of the molecule is NCCCN(C(=O)c1cc(C(F)(F)F)ccc1F)C1CC1. The molecule has 0 aliphatic heterocycles. The second-order valence-corrected chi connectivity index (χ2v) is 5.06. The lowest BCUT2D eigenvalue weighted by molar-refractivity contribution is -0.137. The van der Waals surface area contributed by atoms with Crippen LogP contribution in [0, 0.1) is 5.82 Å². The van der Waals surface area contributed by atoms with Gasteiger partial charge in [0.1, 0.15) is 5.82 Å². The standard InChI is InChI=1S/C14H16F4N2O/c15-12-5-2-9(14(16,17)18)8-11(12)13(21)20(7-1-6-19)10-3-4-10/h2,5,8,10H,1,3-4,6-7,19H2. The van der Waals surface area contributed by atoms with Crippen LogP contribution in [0.5, 0.6) is 0 Å². The minimum absolute atomic E-state index is 0.0157. The van der Waals surface area contributed by atoms with Crippen LogP contribution in [0.25, 0.3) is 0 Å². The number of nitrogens with zero attached hydrogens (tertiary/aromatic N) is 1. The molecule has 1 amide bonds. The molecule has 0 radical (unpaired) electrons. The molecule has 0 bridgehead atoms. The minimum Gasteiger partial charge on any atom is -0.336 e. The molecule has 1 aromatic rings. The molecule has 2 rings (SSSR count). The number of amides is 1. The lowest BCUT2D eigenvalue weighted by atomic mass is 10.1. The predicted molar refractivity (Wildman–Crippen MR) is 69.1 cm³/mol. The molecule has 0 unspecified atom stereocenters. The van der Waals surface area contributed by atoms with E-state index in [-0.39, 0.29) is 6.04 Å². The maximum atomic E-state index is 13.7. The lowest BCUT2D eigenvalue weighted by Gasteiger charge is -2.23.